The van der Waals surface area contributed by atoms with Crippen LogP contribution in [-0.4, -0.2) is 32.2 Å². The van der Waals surface area contributed by atoms with Gasteiger partial charge in [-0.05, 0) is 19.4 Å². The topological polar surface area (TPSA) is 53.2 Å². The molecule has 1 aliphatic rings. The fourth-order valence-electron chi connectivity index (χ4n) is 1.40. The van der Waals surface area contributed by atoms with Crippen molar-refractivity contribution in [1.82, 2.24) is 16.0 Å². The van der Waals surface area contributed by atoms with Gasteiger partial charge in [-0.15, -0.1) is 0 Å². The first-order valence-corrected chi connectivity index (χ1v) is 4.52. The summed E-state index contributed by atoms with van der Waals surface area (Å²) in [6, 6.07) is 0.374. The first-order valence-electron chi connectivity index (χ1n) is 4.52. The van der Waals surface area contributed by atoms with E-state index in [4.69, 9.17) is 0 Å². The maximum Gasteiger partial charge on any atom is 0.314 e. The molecule has 4 nitrogen and oxygen atoms in total. The van der Waals surface area contributed by atoms with Crippen molar-refractivity contribution < 1.29 is 4.79 Å². The molecule has 1 fully saturated rings. The lowest BCUT2D eigenvalue weighted by atomic mass is 10.1. The largest absolute Gasteiger partial charge is 0.341 e. The second kappa shape index (κ2) is 4.98. The first-order chi connectivity index (χ1) is 5.83. The van der Waals surface area contributed by atoms with Crippen molar-refractivity contribution in [3.63, 3.8) is 0 Å². The molecule has 0 aromatic carbocycles. The van der Waals surface area contributed by atoms with Crippen LogP contribution in [0, 0.1) is 0 Å². The molecule has 1 saturated heterocycles. The highest BCUT2D eigenvalue weighted by atomic mass is 16.2. The summed E-state index contributed by atoms with van der Waals surface area (Å²) in [5.41, 5.74) is 0. The van der Waals surface area contributed by atoms with E-state index in [9.17, 15) is 4.79 Å². The van der Waals surface area contributed by atoms with Crippen LogP contribution in [-0.2, 0) is 0 Å². The van der Waals surface area contributed by atoms with Crippen LogP contribution in [0.15, 0.2) is 0 Å². The highest BCUT2D eigenvalue weighted by Crippen LogP contribution is 2.05. The highest BCUT2D eigenvalue weighted by Gasteiger charge is 2.12. The second-order valence-corrected chi connectivity index (χ2v) is 3.11. The van der Waals surface area contributed by atoms with E-state index in [-0.39, 0.29) is 6.03 Å². The lowest BCUT2D eigenvalue weighted by molar-refractivity contribution is 0.240. The summed E-state index contributed by atoms with van der Waals surface area (Å²) in [6.07, 6.45) is 3.70. The van der Waals surface area contributed by atoms with Gasteiger partial charge in [0.05, 0.1) is 0 Å². The van der Waals surface area contributed by atoms with Crippen LogP contribution in [0.4, 0.5) is 4.79 Å². The Balaban J connectivity index is 2.09. The van der Waals surface area contributed by atoms with Crippen molar-refractivity contribution in [3.8, 4) is 0 Å². The number of hydrogen-bond donors (Lipinski definition) is 3. The Kier molecular flexibility index (Phi) is 3.87. The highest BCUT2D eigenvalue weighted by molar-refractivity contribution is 5.73. The second-order valence-electron chi connectivity index (χ2n) is 3.11. The number of nitrogens with one attached hydrogen (secondary N) is 3. The van der Waals surface area contributed by atoms with Gasteiger partial charge in [0, 0.05) is 19.6 Å². The zero-order chi connectivity index (χ0) is 8.81. The predicted molar refractivity (Wildman–Crippen MR) is 48.1 cm³/mol. The van der Waals surface area contributed by atoms with Crippen LogP contribution in [0.2, 0.25) is 0 Å². The monoisotopic (exact) mass is 171 g/mol. The molecule has 1 rings (SSSR count). The summed E-state index contributed by atoms with van der Waals surface area (Å²) in [7, 11) is 1.63. The fraction of sp³-hybridized carbons (Fsp3) is 0.875. The van der Waals surface area contributed by atoms with Gasteiger partial charge in [-0.1, -0.05) is 6.42 Å². The summed E-state index contributed by atoms with van der Waals surface area (Å²) in [5, 5.41) is 8.67. The van der Waals surface area contributed by atoms with E-state index in [0.717, 1.165) is 13.1 Å². The molecule has 0 unspecified atom stereocenters. The normalized spacial score (nSPS) is 23.2. The van der Waals surface area contributed by atoms with E-state index < -0.39 is 0 Å². The molecule has 0 aliphatic carbocycles. The molecule has 0 radical (unpaired) electrons. The van der Waals surface area contributed by atoms with Crippen LogP contribution in [0.1, 0.15) is 19.3 Å². The molecule has 70 valence electrons. The minimum absolute atomic E-state index is 0.0950. The van der Waals surface area contributed by atoms with E-state index in [1.807, 2.05) is 0 Å². The maximum atomic E-state index is 10.8. The van der Waals surface area contributed by atoms with Gasteiger partial charge >= 0.3 is 6.03 Å². The van der Waals surface area contributed by atoms with E-state index >= 15 is 0 Å². The van der Waals surface area contributed by atoms with Crippen molar-refractivity contribution in [2.45, 2.75) is 25.3 Å². The van der Waals surface area contributed by atoms with Crippen molar-refractivity contribution in [3.05, 3.63) is 0 Å². The molecule has 0 aromatic rings. The number of hydrogen-bond acceptors (Lipinski definition) is 2. The smallest absolute Gasteiger partial charge is 0.314 e. The average Bonchev–Trinajstić information content (AvgIpc) is 2.16. The molecule has 0 saturated carbocycles. The molecule has 0 aromatic heterocycles. The third-order valence-electron chi connectivity index (χ3n) is 2.15. The number of rotatable bonds is 2. The molecule has 0 spiro atoms. The SMILES string of the molecule is CNC(=O)NC[C@@H]1CCCCN1. The Bertz CT molecular complexity index is 143. The average molecular weight is 171 g/mol. The first kappa shape index (κ1) is 9.32. The van der Waals surface area contributed by atoms with Crippen LogP contribution in [0.3, 0.4) is 0 Å². The molecule has 12 heavy (non-hydrogen) atoms. The molecule has 1 heterocycles. The number of piperidine rings is 1. The number of amides is 2. The van der Waals surface area contributed by atoms with Gasteiger partial charge in [-0.3, -0.25) is 0 Å². The van der Waals surface area contributed by atoms with Gasteiger partial charge in [0.15, 0.2) is 0 Å². The summed E-state index contributed by atoms with van der Waals surface area (Å²) < 4.78 is 0. The van der Waals surface area contributed by atoms with Gasteiger partial charge in [0.25, 0.3) is 0 Å². The van der Waals surface area contributed by atoms with E-state index in [1.165, 1.54) is 19.3 Å². The van der Waals surface area contributed by atoms with Crippen molar-refractivity contribution in [1.29, 1.82) is 0 Å². The Morgan fingerprint density at radius 1 is 1.58 bits per heavy atom. The lowest BCUT2D eigenvalue weighted by Crippen LogP contribution is -2.45. The van der Waals surface area contributed by atoms with E-state index in [0.29, 0.717) is 6.04 Å². The minimum Gasteiger partial charge on any atom is -0.341 e. The summed E-state index contributed by atoms with van der Waals surface area (Å²) >= 11 is 0. The Morgan fingerprint density at radius 3 is 3.00 bits per heavy atom. The lowest BCUT2D eigenvalue weighted by Gasteiger charge is -2.23. The fourth-order valence-corrected chi connectivity index (χ4v) is 1.40. The molecule has 0 bridgehead atoms. The predicted octanol–water partition coefficient (Wildman–Crippen LogP) is 0.0575. The molecular weight excluding hydrogens is 154 g/mol. The quantitative estimate of drug-likeness (QED) is 0.550. The molecular formula is C8H17N3O. The van der Waals surface area contributed by atoms with Crippen LogP contribution >= 0.6 is 0 Å². The third-order valence-corrected chi connectivity index (χ3v) is 2.15. The number of carbonyl (C=O) groups excluding carboxylic acids is 1. The van der Waals surface area contributed by atoms with Gasteiger partial charge in [0.2, 0.25) is 0 Å². The van der Waals surface area contributed by atoms with E-state index in [2.05, 4.69) is 16.0 Å². The zero-order valence-electron chi connectivity index (χ0n) is 7.52. The standard InChI is InChI=1S/C8H17N3O/c1-9-8(12)11-6-7-4-2-3-5-10-7/h7,10H,2-6H2,1H3,(H2,9,11,12)/t7-/m0/s1. The van der Waals surface area contributed by atoms with Crippen LogP contribution in [0.5, 0.6) is 0 Å². The Hall–Kier alpha value is -0.770. The maximum absolute atomic E-state index is 10.8. The summed E-state index contributed by atoms with van der Waals surface area (Å²) in [6.45, 7) is 1.82. The minimum atomic E-state index is -0.0950. The van der Waals surface area contributed by atoms with Crippen LogP contribution in [0.25, 0.3) is 0 Å². The zero-order valence-corrected chi connectivity index (χ0v) is 7.52. The van der Waals surface area contributed by atoms with Crippen molar-refractivity contribution >= 4 is 6.03 Å². The van der Waals surface area contributed by atoms with E-state index in [1.54, 1.807) is 7.05 Å². The van der Waals surface area contributed by atoms with Crippen LogP contribution < -0.4 is 16.0 Å². The molecule has 2 amide bonds. The van der Waals surface area contributed by atoms with Crippen molar-refractivity contribution in [2.75, 3.05) is 20.1 Å². The summed E-state index contributed by atoms with van der Waals surface area (Å²) in [5.74, 6) is 0. The van der Waals surface area contributed by atoms with Gasteiger partial charge < -0.3 is 16.0 Å². The number of urea groups is 1. The number of carbonyl (C=O) groups is 1. The molecule has 1 atom stereocenters. The van der Waals surface area contributed by atoms with Gasteiger partial charge in [-0.25, -0.2) is 4.79 Å². The van der Waals surface area contributed by atoms with Gasteiger partial charge in [0.1, 0.15) is 0 Å². The van der Waals surface area contributed by atoms with Crippen molar-refractivity contribution in [2.24, 2.45) is 0 Å². The molecule has 1 aliphatic heterocycles. The Morgan fingerprint density at radius 2 is 2.42 bits per heavy atom. The Labute approximate surface area is 73.1 Å². The third kappa shape index (κ3) is 3.09. The molecule has 3 N–H and O–H groups in total. The molecule has 4 heteroatoms. The van der Waals surface area contributed by atoms with Gasteiger partial charge in [-0.2, -0.15) is 0 Å². The summed E-state index contributed by atoms with van der Waals surface area (Å²) in [4.78, 5) is 10.8.